The quantitative estimate of drug-likeness (QED) is 0.131. The highest BCUT2D eigenvalue weighted by atomic mass is 35.5. The fraction of sp³-hybridized carbons (Fsp3) is 0.0500. The number of carbonyl (C=O) groups is 2. The molecule has 1 amide bonds. The summed E-state index contributed by atoms with van der Waals surface area (Å²) in [6.07, 6.45) is 0.0911. The number of ether oxygens (including phenoxy) is 1. The van der Waals surface area contributed by atoms with Gasteiger partial charge >= 0.3 is 5.97 Å². The molecule has 232 valence electrons. The number of hydrogen-bond acceptors (Lipinski definition) is 4. The van der Waals surface area contributed by atoms with Crippen LogP contribution in [-0.2, 0) is 11.2 Å². The normalized spacial score (nSPS) is 11.3. The number of aliphatic carboxylic acids is 1. The topological polar surface area (TPSA) is 87.7 Å². The van der Waals surface area contributed by atoms with Crippen LogP contribution in [0, 0.1) is 0 Å². The van der Waals surface area contributed by atoms with Crippen molar-refractivity contribution in [2.75, 3.05) is 5.32 Å². The lowest BCUT2D eigenvalue weighted by Crippen LogP contribution is -2.42. The van der Waals surface area contributed by atoms with E-state index in [0.29, 0.717) is 16.5 Å². The minimum absolute atomic E-state index is 0.0911. The molecule has 0 radical (unpaired) electrons. The van der Waals surface area contributed by atoms with Crippen LogP contribution >= 0.6 is 11.6 Å². The SMILES string of the molecule is O=C(N[C@@H](Cc1ccc(-c2ccccc2Oc2ccccc2)cc1)C(=O)O)c1cc(Cl)ccc1Nc1ccc(-c2ccccc2)cc1. The fourth-order valence-corrected chi connectivity index (χ4v) is 5.42. The summed E-state index contributed by atoms with van der Waals surface area (Å²) >= 11 is 6.27. The monoisotopic (exact) mass is 638 g/mol. The van der Waals surface area contributed by atoms with Gasteiger partial charge in [0.1, 0.15) is 17.5 Å². The zero-order valence-electron chi connectivity index (χ0n) is 25.3. The zero-order valence-corrected chi connectivity index (χ0v) is 26.0. The Hall–Kier alpha value is -5.85. The first kappa shape index (κ1) is 31.1. The van der Waals surface area contributed by atoms with Gasteiger partial charge in [-0.3, -0.25) is 4.79 Å². The van der Waals surface area contributed by atoms with Gasteiger partial charge in [0.05, 0.1) is 11.3 Å². The highest BCUT2D eigenvalue weighted by Gasteiger charge is 2.23. The molecule has 0 aliphatic carbocycles. The first-order valence-electron chi connectivity index (χ1n) is 15.1. The van der Waals surface area contributed by atoms with Crippen molar-refractivity contribution in [2.45, 2.75) is 12.5 Å². The molecular formula is C40H31ClN2O4. The molecule has 7 heteroatoms. The lowest BCUT2D eigenvalue weighted by Gasteiger charge is -2.18. The van der Waals surface area contributed by atoms with E-state index in [0.717, 1.165) is 39.3 Å². The van der Waals surface area contributed by atoms with Crippen LogP contribution in [0.5, 0.6) is 11.5 Å². The number of rotatable bonds is 11. The number of carboxylic acids is 1. The van der Waals surface area contributed by atoms with Crippen LogP contribution in [0.15, 0.2) is 152 Å². The number of halogens is 1. The zero-order chi connectivity index (χ0) is 32.6. The van der Waals surface area contributed by atoms with Crippen molar-refractivity contribution < 1.29 is 19.4 Å². The summed E-state index contributed by atoms with van der Waals surface area (Å²) < 4.78 is 6.12. The molecule has 6 aromatic rings. The van der Waals surface area contributed by atoms with Crippen molar-refractivity contribution >= 4 is 34.9 Å². The first-order valence-corrected chi connectivity index (χ1v) is 15.5. The average molecular weight is 639 g/mol. The number of anilines is 2. The molecule has 0 aromatic heterocycles. The van der Waals surface area contributed by atoms with Crippen LogP contribution in [-0.4, -0.2) is 23.0 Å². The molecular weight excluding hydrogens is 608 g/mol. The van der Waals surface area contributed by atoms with E-state index in [1.54, 1.807) is 12.1 Å². The van der Waals surface area contributed by atoms with E-state index in [-0.39, 0.29) is 12.0 Å². The molecule has 0 heterocycles. The standard InChI is InChI=1S/C40H31ClN2O4/c41-31-21-24-36(42-32-22-19-29(20-23-32)28-9-3-1-4-10-28)35(26-31)39(44)43-37(40(45)46)25-27-15-17-30(18-16-27)34-13-7-8-14-38(34)47-33-11-5-2-6-12-33/h1-24,26,37,42H,25H2,(H,43,44)(H,45,46)/t37-/m0/s1. The molecule has 1 atom stereocenters. The van der Waals surface area contributed by atoms with Gasteiger partial charge in [-0.15, -0.1) is 0 Å². The first-order chi connectivity index (χ1) is 22.9. The number of carboxylic acid groups (broad SMARTS) is 1. The highest BCUT2D eigenvalue weighted by molar-refractivity contribution is 6.31. The summed E-state index contributed by atoms with van der Waals surface area (Å²) in [5.41, 5.74) is 6.25. The Morgan fingerprint density at radius 3 is 2.00 bits per heavy atom. The van der Waals surface area contributed by atoms with Crippen LogP contribution < -0.4 is 15.4 Å². The van der Waals surface area contributed by atoms with Gasteiger partial charge in [-0.2, -0.15) is 0 Å². The Morgan fingerprint density at radius 1 is 0.681 bits per heavy atom. The third-order valence-corrected chi connectivity index (χ3v) is 7.90. The van der Waals surface area contributed by atoms with Crippen LogP contribution in [0.1, 0.15) is 15.9 Å². The molecule has 47 heavy (non-hydrogen) atoms. The minimum Gasteiger partial charge on any atom is -0.480 e. The van der Waals surface area contributed by atoms with Gasteiger partial charge in [0, 0.05) is 22.7 Å². The molecule has 0 saturated carbocycles. The van der Waals surface area contributed by atoms with E-state index in [1.165, 1.54) is 6.07 Å². The number of carbonyl (C=O) groups excluding carboxylic acids is 1. The van der Waals surface area contributed by atoms with Gasteiger partial charge in [0.2, 0.25) is 0 Å². The molecule has 6 aromatic carbocycles. The van der Waals surface area contributed by atoms with E-state index in [2.05, 4.69) is 10.6 Å². The lowest BCUT2D eigenvalue weighted by molar-refractivity contribution is -0.139. The summed E-state index contributed by atoms with van der Waals surface area (Å²) in [7, 11) is 0. The third-order valence-electron chi connectivity index (χ3n) is 7.66. The molecule has 0 saturated heterocycles. The van der Waals surface area contributed by atoms with Crippen molar-refractivity contribution in [1.82, 2.24) is 5.32 Å². The maximum atomic E-state index is 13.5. The summed E-state index contributed by atoms with van der Waals surface area (Å²) in [6, 6.07) is 46.5. The Labute approximate surface area is 278 Å². The number of amides is 1. The van der Waals surface area contributed by atoms with Gasteiger partial charge in [0.25, 0.3) is 5.91 Å². The Morgan fingerprint density at radius 2 is 1.30 bits per heavy atom. The highest BCUT2D eigenvalue weighted by Crippen LogP contribution is 2.33. The second-order valence-corrected chi connectivity index (χ2v) is 11.4. The van der Waals surface area contributed by atoms with Gasteiger partial charge in [0.15, 0.2) is 0 Å². The van der Waals surface area contributed by atoms with E-state index in [9.17, 15) is 14.7 Å². The van der Waals surface area contributed by atoms with E-state index < -0.39 is 17.9 Å². The van der Waals surface area contributed by atoms with Gasteiger partial charge in [-0.05, 0) is 70.8 Å². The van der Waals surface area contributed by atoms with Crippen molar-refractivity contribution in [3.63, 3.8) is 0 Å². The maximum absolute atomic E-state index is 13.5. The molecule has 0 fully saturated rings. The van der Waals surface area contributed by atoms with Crippen molar-refractivity contribution in [3.8, 4) is 33.8 Å². The van der Waals surface area contributed by atoms with E-state index in [1.807, 2.05) is 133 Å². The van der Waals surface area contributed by atoms with Crippen molar-refractivity contribution in [2.24, 2.45) is 0 Å². The van der Waals surface area contributed by atoms with Crippen molar-refractivity contribution in [1.29, 1.82) is 0 Å². The smallest absolute Gasteiger partial charge is 0.326 e. The Bertz CT molecular complexity index is 1980. The molecule has 0 aliphatic heterocycles. The molecule has 3 N–H and O–H groups in total. The summed E-state index contributed by atoms with van der Waals surface area (Å²) in [5.74, 6) is -0.250. The van der Waals surface area contributed by atoms with E-state index >= 15 is 0 Å². The maximum Gasteiger partial charge on any atom is 0.326 e. The molecule has 0 bridgehead atoms. The lowest BCUT2D eigenvalue weighted by atomic mass is 9.99. The van der Waals surface area contributed by atoms with Crippen molar-refractivity contribution in [3.05, 3.63) is 168 Å². The summed E-state index contributed by atoms with van der Waals surface area (Å²) in [6.45, 7) is 0. The Kier molecular flexibility index (Phi) is 9.61. The molecule has 0 unspecified atom stereocenters. The second kappa shape index (κ2) is 14.5. The number of hydrogen-bond donors (Lipinski definition) is 3. The van der Waals surface area contributed by atoms with Crippen LogP contribution in [0.2, 0.25) is 5.02 Å². The molecule has 0 aliphatic rings. The molecule has 6 nitrogen and oxygen atoms in total. The summed E-state index contributed by atoms with van der Waals surface area (Å²) in [4.78, 5) is 25.8. The van der Waals surface area contributed by atoms with Crippen LogP contribution in [0.4, 0.5) is 11.4 Å². The van der Waals surface area contributed by atoms with Crippen LogP contribution in [0.25, 0.3) is 22.3 Å². The minimum atomic E-state index is -1.17. The third kappa shape index (κ3) is 7.87. The number of para-hydroxylation sites is 2. The van der Waals surface area contributed by atoms with Gasteiger partial charge in [-0.1, -0.05) is 115 Å². The summed E-state index contributed by atoms with van der Waals surface area (Å²) in [5, 5.41) is 16.4. The Balaban J connectivity index is 1.15. The second-order valence-electron chi connectivity index (χ2n) is 10.9. The van der Waals surface area contributed by atoms with Crippen LogP contribution in [0.3, 0.4) is 0 Å². The largest absolute Gasteiger partial charge is 0.480 e. The average Bonchev–Trinajstić information content (AvgIpc) is 3.10. The predicted octanol–water partition coefficient (Wildman–Crippen LogP) is 9.64. The predicted molar refractivity (Wildman–Crippen MR) is 188 cm³/mol. The molecule has 6 rings (SSSR count). The number of nitrogens with one attached hydrogen (secondary N) is 2. The van der Waals surface area contributed by atoms with Gasteiger partial charge in [-0.25, -0.2) is 4.79 Å². The fourth-order valence-electron chi connectivity index (χ4n) is 5.25. The number of benzene rings is 6. The van der Waals surface area contributed by atoms with E-state index in [4.69, 9.17) is 16.3 Å². The molecule has 0 spiro atoms. The van der Waals surface area contributed by atoms with Gasteiger partial charge < -0.3 is 20.5 Å².